The average molecular weight is 330 g/mol. The van der Waals surface area contributed by atoms with Crippen LogP contribution in [0.3, 0.4) is 0 Å². The SMILES string of the molecule is CC(C)c1cc(C(=O)N2C[C@@H]3C(C4=NOC(C)(C)C4C)[C@@H]3C2)n[nH]1. The third kappa shape index (κ3) is 2.26. The van der Waals surface area contributed by atoms with Gasteiger partial charge in [-0.05, 0) is 37.7 Å². The van der Waals surface area contributed by atoms with Gasteiger partial charge in [-0.1, -0.05) is 25.9 Å². The van der Waals surface area contributed by atoms with Crippen molar-refractivity contribution in [2.75, 3.05) is 13.1 Å². The van der Waals surface area contributed by atoms with Crippen molar-refractivity contribution in [1.82, 2.24) is 15.1 Å². The molecule has 24 heavy (non-hydrogen) atoms. The molecule has 0 radical (unpaired) electrons. The predicted molar refractivity (Wildman–Crippen MR) is 90.8 cm³/mol. The van der Waals surface area contributed by atoms with Gasteiger partial charge in [0.05, 0.1) is 5.71 Å². The van der Waals surface area contributed by atoms with Gasteiger partial charge in [-0.15, -0.1) is 0 Å². The van der Waals surface area contributed by atoms with E-state index in [-0.39, 0.29) is 11.5 Å². The van der Waals surface area contributed by atoms with E-state index in [2.05, 4.69) is 50.0 Å². The van der Waals surface area contributed by atoms with Crippen LogP contribution in [-0.4, -0.2) is 45.4 Å². The van der Waals surface area contributed by atoms with Crippen LogP contribution in [0.1, 0.15) is 56.7 Å². The summed E-state index contributed by atoms with van der Waals surface area (Å²) in [6, 6.07) is 1.88. The molecule has 0 bridgehead atoms. The second kappa shape index (κ2) is 5.07. The van der Waals surface area contributed by atoms with Gasteiger partial charge in [0, 0.05) is 30.6 Å². The second-order valence-corrected chi connectivity index (χ2v) is 8.36. The van der Waals surface area contributed by atoms with Gasteiger partial charge in [0.2, 0.25) is 0 Å². The standard InChI is InChI=1S/C18H26N4O2/c1-9(2)13-6-14(20-19-13)17(23)22-7-11-12(8-22)15(11)16-10(3)18(4,5)24-21-16/h6,9-12,15H,7-8H2,1-5H3,(H,19,20)/t10?,11-,12+,15?. The van der Waals surface area contributed by atoms with Gasteiger partial charge in [-0.25, -0.2) is 0 Å². The topological polar surface area (TPSA) is 70.6 Å². The number of likely N-dealkylation sites (tertiary alicyclic amines) is 1. The molecule has 2 aliphatic heterocycles. The lowest BCUT2D eigenvalue weighted by atomic mass is 9.86. The van der Waals surface area contributed by atoms with Gasteiger partial charge in [-0.3, -0.25) is 9.89 Å². The molecule has 1 aliphatic carbocycles. The number of H-pyrrole nitrogens is 1. The molecule has 0 spiro atoms. The molecule has 3 heterocycles. The Kier molecular flexibility index (Phi) is 3.31. The van der Waals surface area contributed by atoms with Crippen molar-refractivity contribution in [3.05, 3.63) is 17.5 Å². The maximum absolute atomic E-state index is 12.6. The predicted octanol–water partition coefficient (Wildman–Crippen LogP) is 2.65. The summed E-state index contributed by atoms with van der Waals surface area (Å²) in [5.41, 5.74) is 2.54. The molecule has 6 heteroatoms. The molecule has 1 saturated heterocycles. The molecule has 2 unspecified atom stereocenters. The maximum atomic E-state index is 12.6. The molecule has 3 aliphatic rings. The normalized spacial score (nSPS) is 33.4. The third-order valence-corrected chi connectivity index (χ3v) is 6.13. The van der Waals surface area contributed by atoms with E-state index in [9.17, 15) is 4.79 Å². The van der Waals surface area contributed by atoms with Crippen molar-refractivity contribution in [2.45, 2.75) is 46.1 Å². The average Bonchev–Trinajstić information content (AvgIpc) is 2.97. The molecule has 1 amide bonds. The summed E-state index contributed by atoms with van der Waals surface area (Å²) in [4.78, 5) is 20.2. The van der Waals surface area contributed by atoms with Crippen LogP contribution in [0.4, 0.5) is 0 Å². The zero-order valence-electron chi connectivity index (χ0n) is 15.0. The van der Waals surface area contributed by atoms with E-state index in [1.54, 1.807) is 0 Å². The van der Waals surface area contributed by atoms with Crippen molar-refractivity contribution >= 4 is 11.6 Å². The Labute approximate surface area is 142 Å². The fraction of sp³-hybridized carbons (Fsp3) is 0.722. The van der Waals surface area contributed by atoms with Crippen LogP contribution in [0.2, 0.25) is 0 Å². The zero-order chi connectivity index (χ0) is 17.2. The van der Waals surface area contributed by atoms with E-state index in [1.165, 1.54) is 5.71 Å². The van der Waals surface area contributed by atoms with Crippen LogP contribution in [0.5, 0.6) is 0 Å². The van der Waals surface area contributed by atoms with Gasteiger partial charge < -0.3 is 9.74 Å². The smallest absolute Gasteiger partial charge is 0.274 e. The Balaban J connectivity index is 1.39. The summed E-state index contributed by atoms with van der Waals surface area (Å²) in [6.45, 7) is 12.2. The van der Waals surface area contributed by atoms with E-state index >= 15 is 0 Å². The van der Waals surface area contributed by atoms with Crippen LogP contribution in [0.25, 0.3) is 0 Å². The van der Waals surface area contributed by atoms with Crippen molar-refractivity contribution < 1.29 is 9.63 Å². The highest BCUT2D eigenvalue weighted by Gasteiger charge is 2.61. The first-order valence-electron chi connectivity index (χ1n) is 8.90. The monoisotopic (exact) mass is 330 g/mol. The molecule has 1 N–H and O–H groups in total. The van der Waals surface area contributed by atoms with Gasteiger partial charge in [0.15, 0.2) is 0 Å². The van der Waals surface area contributed by atoms with Crippen LogP contribution in [-0.2, 0) is 4.84 Å². The summed E-state index contributed by atoms with van der Waals surface area (Å²) in [5, 5.41) is 11.5. The number of nitrogens with one attached hydrogen (secondary N) is 1. The van der Waals surface area contributed by atoms with Gasteiger partial charge in [0.1, 0.15) is 11.3 Å². The fourth-order valence-corrected chi connectivity index (χ4v) is 4.07. The lowest BCUT2D eigenvalue weighted by Gasteiger charge is -2.23. The number of oxime groups is 1. The van der Waals surface area contributed by atoms with E-state index in [0.717, 1.165) is 18.8 Å². The number of hydrogen-bond donors (Lipinski definition) is 1. The Morgan fingerprint density at radius 3 is 2.54 bits per heavy atom. The molecule has 0 aromatic carbocycles. The summed E-state index contributed by atoms with van der Waals surface area (Å²) < 4.78 is 0. The minimum atomic E-state index is -0.204. The number of fused-ring (bicyclic) bond motifs is 1. The zero-order valence-corrected chi connectivity index (χ0v) is 15.0. The molecule has 2 fully saturated rings. The third-order valence-electron chi connectivity index (χ3n) is 6.13. The number of aromatic amines is 1. The Morgan fingerprint density at radius 2 is 2.04 bits per heavy atom. The maximum Gasteiger partial charge on any atom is 0.274 e. The lowest BCUT2D eigenvalue weighted by molar-refractivity contribution is -0.0103. The van der Waals surface area contributed by atoms with Crippen molar-refractivity contribution in [2.24, 2.45) is 28.8 Å². The van der Waals surface area contributed by atoms with Gasteiger partial charge in [0.25, 0.3) is 5.91 Å². The summed E-state index contributed by atoms with van der Waals surface area (Å²) in [5.74, 6) is 2.31. The Hall–Kier alpha value is -1.85. The molecular weight excluding hydrogens is 304 g/mol. The summed E-state index contributed by atoms with van der Waals surface area (Å²) in [7, 11) is 0. The van der Waals surface area contributed by atoms with Crippen LogP contribution in [0, 0.1) is 23.7 Å². The number of carbonyl (C=O) groups excluding carboxylic acids is 1. The first-order chi connectivity index (χ1) is 11.3. The molecule has 4 atom stereocenters. The number of hydrogen-bond acceptors (Lipinski definition) is 4. The van der Waals surface area contributed by atoms with Crippen LogP contribution >= 0.6 is 0 Å². The molecule has 4 rings (SSSR count). The Bertz CT molecular complexity index is 694. The first-order valence-corrected chi connectivity index (χ1v) is 8.90. The molecular formula is C18H26N4O2. The quantitative estimate of drug-likeness (QED) is 0.926. The van der Waals surface area contributed by atoms with E-state index in [0.29, 0.717) is 35.3 Å². The molecule has 1 saturated carbocycles. The van der Waals surface area contributed by atoms with Gasteiger partial charge in [-0.2, -0.15) is 5.10 Å². The molecule has 6 nitrogen and oxygen atoms in total. The first kappa shape index (κ1) is 15.7. The Morgan fingerprint density at radius 1 is 1.38 bits per heavy atom. The largest absolute Gasteiger partial charge is 0.389 e. The van der Waals surface area contributed by atoms with Crippen LogP contribution in [0.15, 0.2) is 11.2 Å². The van der Waals surface area contributed by atoms with Crippen molar-refractivity contribution in [1.29, 1.82) is 0 Å². The number of rotatable bonds is 3. The molecule has 1 aromatic heterocycles. The minimum absolute atomic E-state index is 0.0436. The molecule has 130 valence electrons. The van der Waals surface area contributed by atoms with E-state index < -0.39 is 0 Å². The molecule has 1 aromatic rings. The highest BCUT2D eigenvalue weighted by atomic mass is 16.7. The van der Waals surface area contributed by atoms with E-state index in [4.69, 9.17) is 4.84 Å². The highest BCUT2D eigenvalue weighted by molar-refractivity contribution is 5.95. The number of piperidine rings is 1. The number of aromatic nitrogens is 2. The van der Waals surface area contributed by atoms with Gasteiger partial charge >= 0.3 is 0 Å². The van der Waals surface area contributed by atoms with Crippen molar-refractivity contribution in [3.63, 3.8) is 0 Å². The number of amides is 1. The summed E-state index contributed by atoms with van der Waals surface area (Å²) >= 11 is 0. The van der Waals surface area contributed by atoms with Crippen molar-refractivity contribution in [3.8, 4) is 0 Å². The summed E-state index contributed by atoms with van der Waals surface area (Å²) in [6.07, 6.45) is 0. The fourth-order valence-electron chi connectivity index (χ4n) is 4.07. The minimum Gasteiger partial charge on any atom is -0.389 e. The highest BCUT2D eigenvalue weighted by Crippen LogP contribution is 2.55. The second-order valence-electron chi connectivity index (χ2n) is 8.36. The number of carbonyl (C=O) groups is 1. The van der Waals surface area contributed by atoms with Crippen LogP contribution < -0.4 is 0 Å². The van der Waals surface area contributed by atoms with E-state index in [1.807, 2.05) is 11.0 Å². The number of nitrogens with zero attached hydrogens (tertiary/aromatic N) is 3. The lowest BCUT2D eigenvalue weighted by Crippen LogP contribution is -2.35.